The lowest BCUT2D eigenvalue weighted by atomic mass is 9.94. The highest BCUT2D eigenvalue weighted by Gasteiger charge is 2.14. The highest BCUT2D eigenvalue weighted by atomic mass is 14.7. The molecule has 3 heteroatoms. The van der Waals surface area contributed by atoms with Crippen LogP contribution in [0.25, 0.3) is 43.8 Å². The molecule has 3 nitrogen and oxygen atoms in total. The fraction of sp³-hybridized carbons (Fsp3) is 0.125. The summed E-state index contributed by atoms with van der Waals surface area (Å²) < 4.78 is 0. The number of aryl methyl sites for hydroxylation is 3. The van der Waals surface area contributed by atoms with Crippen LogP contribution in [0.4, 0.5) is 0 Å². The molecule has 5 aromatic rings. The van der Waals surface area contributed by atoms with E-state index in [0.717, 1.165) is 49.8 Å². The Balaban J connectivity index is 1.98. The van der Waals surface area contributed by atoms with Gasteiger partial charge in [-0.2, -0.15) is 0 Å². The third-order valence-corrected chi connectivity index (χ3v) is 5.15. The molecule has 0 aliphatic rings. The Bertz CT molecular complexity index is 1350. The fourth-order valence-electron chi connectivity index (χ4n) is 3.94. The van der Waals surface area contributed by atoms with Gasteiger partial charge < -0.3 is 0 Å². The Labute approximate surface area is 157 Å². The standard InChI is InChI=1S/C24H19N3/c1-14-12-16(3)27-23-18(14)7-4-8-19(23)21-13-17-6-5-11-25-22(17)24-20(21)10-9-15(2)26-24/h4-13H,1-3H3. The zero-order valence-electron chi connectivity index (χ0n) is 15.6. The molecule has 2 aromatic carbocycles. The van der Waals surface area contributed by atoms with Crippen molar-refractivity contribution in [2.45, 2.75) is 20.8 Å². The number of hydrogen-bond donors (Lipinski definition) is 0. The van der Waals surface area contributed by atoms with E-state index in [1.807, 2.05) is 19.2 Å². The number of nitrogens with zero attached hydrogens (tertiary/aromatic N) is 3. The van der Waals surface area contributed by atoms with E-state index in [1.165, 1.54) is 10.9 Å². The van der Waals surface area contributed by atoms with E-state index in [-0.39, 0.29) is 0 Å². The van der Waals surface area contributed by atoms with Crippen LogP contribution in [0.1, 0.15) is 17.0 Å². The fourth-order valence-corrected chi connectivity index (χ4v) is 3.94. The second kappa shape index (κ2) is 5.85. The minimum Gasteiger partial charge on any atom is -0.254 e. The largest absolute Gasteiger partial charge is 0.254 e. The van der Waals surface area contributed by atoms with Crippen molar-refractivity contribution >= 4 is 32.7 Å². The Hall–Kier alpha value is -3.33. The van der Waals surface area contributed by atoms with Crippen LogP contribution < -0.4 is 0 Å². The smallest absolute Gasteiger partial charge is 0.0973 e. The van der Waals surface area contributed by atoms with E-state index in [9.17, 15) is 0 Å². The molecule has 5 rings (SSSR count). The molecule has 0 bridgehead atoms. The Kier molecular flexibility index (Phi) is 3.44. The molecule has 0 radical (unpaired) electrons. The molecule has 27 heavy (non-hydrogen) atoms. The van der Waals surface area contributed by atoms with Gasteiger partial charge >= 0.3 is 0 Å². The number of para-hydroxylation sites is 1. The summed E-state index contributed by atoms with van der Waals surface area (Å²) in [5.41, 5.74) is 8.51. The van der Waals surface area contributed by atoms with Gasteiger partial charge in [0, 0.05) is 39.3 Å². The van der Waals surface area contributed by atoms with Crippen molar-refractivity contribution in [3.05, 3.63) is 77.7 Å². The van der Waals surface area contributed by atoms with E-state index in [0.29, 0.717) is 0 Å². The summed E-state index contributed by atoms with van der Waals surface area (Å²) in [5.74, 6) is 0. The molecular weight excluding hydrogens is 330 g/mol. The number of benzene rings is 2. The second-order valence-corrected chi connectivity index (χ2v) is 7.13. The summed E-state index contributed by atoms with van der Waals surface area (Å²) in [7, 11) is 0. The third-order valence-electron chi connectivity index (χ3n) is 5.15. The van der Waals surface area contributed by atoms with Crippen LogP contribution in [0.5, 0.6) is 0 Å². The van der Waals surface area contributed by atoms with Crippen LogP contribution in [-0.4, -0.2) is 15.0 Å². The van der Waals surface area contributed by atoms with Gasteiger partial charge in [0.1, 0.15) is 0 Å². The van der Waals surface area contributed by atoms with Crippen LogP contribution in [0.15, 0.2) is 60.8 Å². The average molecular weight is 349 g/mol. The maximum Gasteiger partial charge on any atom is 0.0973 e. The molecule has 0 atom stereocenters. The van der Waals surface area contributed by atoms with Crippen LogP contribution in [-0.2, 0) is 0 Å². The first-order valence-corrected chi connectivity index (χ1v) is 9.14. The molecule has 0 aliphatic carbocycles. The molecule has 0 saturated carbocycles. The van der Waals surface area contributed by atoms with Gasteiger partial charge in [0.25, 0.3) is 0 Å². The minimum absolute atomic E-state index is 0.945. The van der Waals surface area contributed by atoms with Gasteiger partial charge in [0.05, 0.1) is 16.6 Å². The van der Waals surface area contributed by atoms with Crippen LogP contribution in [0.2, 0.25) is 0 Å². The van der Waals surface area contributed by atoms with Crippen LogP contribution in [0, 0.1) is 20.8 Å². The van der Waals surface area contributed by atoms with Gasteiger partial charge in [0.2, 0.25) is 0 Å². The number of aromatic nitrogens is 3. The summed E-state index contributed by atoms with van der Waals surface area (Å²) in [6.45, 7) is 6.22. The van der Waals surface area contributed by atoms with Gasteiger partial charge in [-0.15, -0.1) is 0 Å². The van der Waals surface area contributed by atoms with E-state index in [1.54, 1.807) is 0 Å². The number of fused-ring (bicyclic) bond motifs is 4. The van der Waals surface area contributed by atoms with E-state index in [4.69, 9.17) is 9.97 Å². The highest BCUT2D eigenvalue weighted by Crippen LogP contribution is 2.36. The molecule has 0 fully saturated rings. The molecule has 0 unspecified atom stereocenters. The minimum atomic E-state index is 0.945. The highest BCUT2D eigenvalue weighted by molar-refractivity contribution is 6.13. The first kappa shape index (κ1) is 15.9. The summed E-state index contributed by atoms with van der Waals surface area (Å²) in [4.78, 5) is 14.3. The first-order valence-electron chi connectivity index (χ1n) is 9.14. The first-order chi connectivity index (χ1) is 13.1. The maximum absolute atomic E-state index is 4.88. The molecular formula is C24H19N3. The molecule has 3 aromatic heterocycles. The van der Waals surface area contributed by atoms with Gasteiger partial charge in [-0.1, -0.05) is 30.3 Å². The summed E-state index contributed by atoms with van der Waals surface area (Å²) in [6, 6.07) is 19.1. The lowest BCUT2D eigenvalue weighted by molar-refractivity contribution is 1.23. The second-order valence-electron chi connectivity index (χ2n) is 7.13. The molecule has 0 N–H and O–H groups in total. The van der Waals surface area contributed by atoms with Crippen molar-refractivity contribution in [1.29, 1.82) is 0 Å². The molecule has 0 saturated heterocycles. The van der Waals surface area contributed by atoms with Crippen molar-refractivity contribution in [2.75, 3.05) is 0 Å². The lowest BCUT2D eigenvalue weighted by Crippen LogP contribution is -1.94. The lowest BCUT2D eigenvalue weighted by Gasteiger charge is -2.13. The van der Waals surface area contributed by atoms with Gasteiger partial charge in [-0.3, -0.25) is 15.0 Å². The zero-order chi connectivity index (χ0) is 18.5. The van der Waals surface area contributed by atoms with Crippen LogP contribution >= 0.6 is 0 Å². The molecule has 3 heterocycles. The van der Waals surface area contributed by atoms with Gasteiger partial charge in [-0.05, 0) is 56.2 Å². The Morgan fingerprint density at radius 1 is 0.630 bits per heavy atom. The third kappa shape index (κ3) is 2.47. The average Bonchev–Trinajstić information content (AvgIpc) is 2.67. The van der Waals surface area contributed by atoms with Gasteiger partial charge in [-0.25, -0.2) is 0 Å². The van der Waals surface area contributed by atoms with Crippen molar-refractivity contribution in [2.24, 2.45) is 0 Å². The molecule has 130 valence electrons. The van der Waals surface area contributed by atoms with E-state index >= 15 is 0 Å². The predicted molar refractivity (Wildman–Crippen MR) is 112 cm³/mol. The number of rotatable bonds is 1. The van der Waals surface area contributed by atoms with Crippen molar-refractivity contribution in [1.82, 2.24) is 15.0 Å². The van der Waals surface area contributed by atoms with E-state index in [2.05, 4.69) is 67.4 Å². The Morgan fingerprint density at radius 3 is 2.37 bits per heavy atom. The molecule has 0 spiro atoms. The van der Waals surface area contributed by atoms with Crippen molar-refractivity contribution < 1.29 is 0 Å². The monoisotopic (exact) mass is 349 g/mol. The quantitative estimate of drug-likeness (QED) is 0.352. The van der Waals surface area contributed by atoms with Crippen LogP contribution in [0.3, 0.4) is 0 Å². The topological polar surface area (TPSA) is 38.7 Å². The number of hydrogen-bond acceptors (Lipinski definition) is 3. The number of pyridine rings is 3. The van der Waals surface area contributed by atoms with Gasteiger partial charge in [0.15, 0.2) is 0 Å². The Morgan fingerprint density at radius 2 is 1.48 bits per heavy atom. The normalized spacial score (nSPS) is 11.5. The molecule has 0 amide bonds. The maximum atomic E-state index is 4.88. The predicted octanol–water partition coefficient (Wildman–Crippen LogP) is 5.92. The SMILES string of the molecule is Cc1cc(C)c2cccc(-c3cc4cccnc4c4nc(C)ccc34)c2n1. The summed E-state index contributed by atoms with van der Waals surface area (Å²) in [6.07, 6.45) is 1.83. The van der Waals surface area contributed by atoms with Crippen molar-refractivity contribution in [3.8, 4) is 11.1 Å². The van der Waals surface area contributed by atoms with E-state index < -0.39 is 0 Å². The molecule has 0 aliphatic heterocycles. The summed E-state index contributed by atoms with van der Waals surface area (Å²) in [5, 5.41) is 3.40. The zero-order valence-corrected chi connectivity index (χ0v) is 15.6. The van der Waals surface area contributed by atoms with Crippen molar-refractivity contribution in [3.63, 3.8) is 0 Å². The summed E-state index contributed by atoms with van der Waals surface area (Å²) >= 11 is 0.